The maximum absolute atomic E-state index is 13.1. The first-order chi connectivity index (χ1) is 7.65. The van der Waals surface area contributed by atoms with Gasteiger partial charge >= 0.3 is 6.01 Å². The summed E-state index contributed by atoms with van der Waals surface area (Å²) in [5.41, 5.74) is 0.748. The zero-order chi connectivity index (χ0) is 11.5. The summed E-state index contributed by atoms with van der Waals surface area (Å²) in [7, 11) is 0. The first-order valence-electron chi connectivity index (χ1n) is 4.63. The van der Waals surface area contributed by atoms with E-state index in [2.05, 4.69) is 15.5 Å². The number of anilines is 1. The molecule has 0 saturated heterocycles. The fourth-order valence-corrected chi connectivity index (χ4v) is 1.31. The molecule has 6 heteroatoms. The average molecular weight is 242 g/mol. The Bertz CT molecular complexity index is 501. The normalized spacial score (nSPS) is 10.4. The Labute approximate surface area is 96.4 Å². The van der Waals surface area contributed by atoms with Gasteiger partial charge in [0.2, 0.25) is 5.89 Å². The van der Waals surface area contributed by atoms with Gasteiger partial charge in [0.05, 0.1) is 5.02 Å². The Hall–Kier alpha value is -1.62. The van der Waals surface area contributed by atoms with Gasteiger partial charge in [-0.25, -0.2) is 4.39 Å². The van der Waals surface area contributed by atoms with Gasteiger partial charge in [-0.3, -0.25) is 0 Å². The van der Waals surface area contributed by atoms with E-state index in [1.807, 2.05) is 0 Å². The quantitative estimate of drug-likeness (QED) is 0.898. The lowest BCUT2D eigenvalue weighted by atomic mass is 10.2. The molecule has 0 aliphatic carbocycles. The van der Waals surface area contributed by atoms with E-state index in [0.717, 1.165) is 5.56 Å². The lowest BCUT2D eigenvalue weighted by Crippen LogP contribution is -2.00. The molecule has 0 saturated carbocycles. The predicted molar refractivity (Wildman–Crippen MR) is 57.8 cm³/mol. The molecule has 16 heavy (non-hydrogen) atoms. The highest BCUT2D eigenvalue weighted by Gasteiger charge is 2.03. The Balaban J connectivity index is 2.02. The monoisotopic (exact) mass is 241 g/mol. The van der Waals surface area contributed by atoms with Crippen LogP contribution in [0, 0.1) is 12.7 Å². The molecule has 0 spiro atoms. The molecular weight excluding hydrogens is 233 g/mol. The van der Waals surface area contributed by atoms with Gasteiger partial charge in [-0.2, -0.15) is 0 Å². The van der Waals surface area contributed by atoms with Crippen molar-refractivity contribution in [2.45, 2.75) is 13.5 Å². The number of aryl methyl sites for hydroxylation is 1. The molecule has 0 bridgehead atoms. The Morgan fingerprint density at radius 1 is 1.44 bits per heavy atom. The standard InChI is InChI=1S/C10H9ClFN3O/c1-6-14-15-10(16-6)13-5-7-2-3-8(11)9(12)4-7/h2-4H,5H2,1H3,(H,13,15). The number of hydrogen-bond donors (Lipinski definition) is 1. The van der Waals surface area contributed by atoms with Crippen LogP contribution < -0.4 is 5.32 Å². The molecule has 1 N–H and O–H groups in total. The van der Waals surface area contributed by atoms with Gasteiger partial charge in [-0.05, 0) is 17.7 Å². The Kier molecular flexibility index (Phi) is 3.05. The first kappa shape index (κ1) is 10.9. The zero-order valence-corrected chi connectivity index (χ0v) is 9.25. The Morgan fingerprint density at radius 3 is 2.88 bits per heavy atom. The summed E-state index contributed by atoms with van der Waals surface area (Å²) in [6.45, 7) is 2.09. The van der Waals surface area contributed by atoms with Crippen molar-refractivity contribution in [1.29, 1.82) is 0 Å². The van der Waals surface area contributed by atoms with Crippen molar-refractivity contribution in [1.82, 2.24) is 10.2 Å². The molecule has 0 aliphatic heterocycles. The lowest BCUT2D eigenvalue weighted by Gasteiger charge is -2.02. The third-order valence-corrected chi connectivity index (χ3v) is 2.26. The molecule has 1 aromatic heterocycles. The van der Waals surface area contributed by atoms with Gasteiger partial charge in [0.15, 0.2) is 0 Å². The molecule has 0 aliphatic rings. The summed E-state index contributed by atoms with van der Waals surface area (Å²) >= 11 is 5.56. The molecule has 0 fully saturated rings. The molecular formula is C10H9ClFN3O. The van der Waals surface area contributed by atoms with Gasteiger partial charge in [0, 0.05) is 13.5 Å². The van der Waals surface area contributed by atoms with E-state index in [0.29, 0.717) is 18.5 Å². The number of benzene rings is 1. The van der Waals surface area contributed by atoms with Crippen molar-refractivity contribution in [3.8, 4) is 0 Å². The molecule has 0 radical (unpaired) electrons. The molecule has 0 unspecified atom stereocenters. The molecule has 1 heterocycles. The highest BCUT2D eigenvalue weighted by Crippen LogP contribution is 2.16. The van der Waals surface area contributed by atoms with Crippen molar-refractivity contribution in [2.75, 3.05) is 5.32 Å². The van der Waals surface area contributed by atoms with Gasteiger partial charge in [-0.1, -0.05) is 22.8 Å². The van der Waals surface area contributed by atoms with Crippen molar-refractivity contribution in [3.63, 3.8) is 0 Å². The minimum absolute atomic E-state index is 0.109. The van der Waals surface area contributed by atoms with E-state index >= 15 is 0 Å². The van der Waals surface area contributed by atoms with Crippen LogP contribution >= 0.6 is 11.6 Å². The average Bonchev–Trinajstić information content (AvgIpc) is 2.66. The van der Waals surface area contributed by atoms with Gasteiger partial charge in [0.1, 0.15) is 5.82 Å². The minimum atomic E-state index is -0.442. The smallest absolute Gasteiger partial charge is 0.315 e. The largest absolute Gasteiger partial charge is 0.408 e. The highest BCUT2D eigenvalue weighted by atomic mass is 35.5. The minimum Gasteiger partial charge on any atom is -0.408 e. The second kappa shape index (κ2) is 4.49. The van der Waals surface area contributed by atoms with Crippen LogP contribution in [-0.4, -0.2) is 10.2 Å². The van der Waals surface area contributed by atoms with Crippen LogP contribution in [0.3, 0.4) is 0 Å². The second-order valence-corrected chi connectivity index (χ2v) is 3.64. The zero-order valence-electron chi connectivity index (χ0n) is 8.50. The summed E-state index contributed by atoms with van der Waals surface area (Å²) < 4.78 is 18.2. The SMILES string of the molecule is Cc1nnc(NCc2ccc(Cl)c(F)c2)o1. The van der Waals surface area contributed by atoms with Crippen LogP contribution in [0.4, 0.5) is 10.4 Å². The van der Waals surface area contributed by atoms with Crippen LogP contribution in [-0.2, 0) is 6.54 Å². The van der Waals surface area contributed by atoms with E-state index < -0.39 is 5.82 Å². The summed E-state index contributed by atoms with van der Waals surface area (Å²) in [6, 6.07) is 4.90. The number of nitrogens with zero attached hydrogens (tertiary/aromatic N) is 2. The van der Waals surface area contributed by atoms with Crippen molar-refractivity contribution in [3.05, 3.63) is 40.5 Å². The van der Waals surface area contributed by atoms with Crippen molar-refractivity contribution >= 4 is 17.6 Å². The van der Waals surface area contributed by atoms with Crippen LogP contribution in [0.5, 0.6) is 0 Å². The summed E-state index contributed by atoms with van der Waals surface area (Å²) in [6.07, 6.45) is 0. The number of rotatable bonds is 3. The van der Waals surface area contributed by atoms with E-state index in [-0.39, 0.29) is 5.02 Å². The topological polar surface area (TPSA) is 51.0 Å². The van der Waals surface area contributed by atoms with Gasteiger partial charge < -0.3 is 9.73 Å². The molecule has 4 nitrogen and oxygen atoms in total. The molecule has 2 aromatic rings. The van der Waals surface area contributed by atoms with Crippen molar-refractivity contribution in [2.24, 2.45) is 0 Å². The molecule has 2 rings (SSSR count). The van der Waals surface area contributed by atoms with E-state index in [1.54, 1.807) is 13.0 Å². The lowest BCUT2D eigenvalue weighted by molar-refractivity contribution is 0.530. The van der Waals surface area contributed by atoms with Crippen molar-refractivity contribution < 1.29 is 8.81 Å². The summed E-state index contributed by atoms with van der Waals surface area (Å²) in [5, 5.41) is 10.4. The molecule has 84 valence electrons. The summed E-state index contributed by atoms with van der Waals surface area (Å²) in [4.78, 5) is 0. The van der Waals surface area contributed by atoms with E-state index in [4.69, 9.17) is 16.0 Å². The molecule has 0 amide bonds. The fraction of sp³-hybridized carbons (Fsp3) is 0.200. The maximum Gasteiger partial charge on any atom is 0.315 e. The number of aromatic nitrogens is 2. The van der Waals surface area contributed by atoms with Crippen LogP contribution in [0.2, 0.25) is 5.02 Å². The highest BCUT2D eigenvalue weighted by molar-refractivity contribution is 6.30. The number of halogens is 2. The maximum atomic E-state index is 13.1. The second-order valence-electron chi connectivity index (χ2n) is 3.23. The van der Waals surface area contributed by atoms with Gasteiger partial charge in [-0.15, -0.1) is 5.10 Å². The first-order valence-corrected chi connectivity index (χ1v) is 5.01. The van der Waals surface area contributed by atoms with Crippen LogP contribution in [0.1, 0.15) is 11.5 Å². The number of nitrogens with one attached hydrogen (secondary N) is 1. The Morgan fingerprint density at radius 2 is 2.25 bits per heavy atom. The van der Waals surface area contributed by atoms with Crippen LogP contribution in [0.25, 0.3) is 0 Å². The third kappa shape index (κ3) is 2.49. The predicted octanol–water partition coefficient (Wildman–Crippen LogP) is 2.78. The van der Waals surface area contributed by atoms with Crippen LogP contribution in [0.15, 0.2) is 22.6 Å². The third-order valence-electron chi connectivity index (χ3n) is 1.95. The molecule has 0 atom stereocenters. The molecule has 1 aromatic carbocycles. The van der Waals surface area contributed by atoms with E-state index in [9.17, 15) is 4.39 Å². The van der Waals surface area contributed by atoms with Gasteiger partial charge in [0.25, 0.3) is 0 Å². The fourth-order valence-electron chi connectivity index (χ4n) is 1.20. The number of hydrogen-bond acceptors (Lipinski definition) is 4. The summed E-state index contributed by atoms with van der Waals surface area (Å²) in [5.74, 6) is 0.0347. The van der Waals surface area contributed by atoms with E-state index in [1.165, 1.54) is 12.1 Å².